The highest BCUT2D eigenvalue weighted by molar-refractivity contribution is 5.34. The highest BCUT2D eigenvalue weighted by atomic mass is 16.3. The van der Waals surface area contributed by atoms with Crippen molar-refractivity contribution in [3.63, 3.8) is 0 Å². The van der Waals surface area contributed by atoms with Gasteiger partial charge in [-0.3, -0.25) is 0 Å². The van der Waals surface area contributed by atoms with Crippen LogP contribution in [-0.2, 0) is 0 Å². The Hall–Kier alpha value is -0.820. The Morgan fingerprint density at radius 2 is 1.77 bits per heavy atom. The minimum absolute atomic E-state index is 0.257. The van der Waals surface area contributed by atoms with Gasteiger partial charge in [-0.2, -0.15) is 0 Å². The zero-order chi connectivity index (χ0) is 9.42. The maximum absolute atomic E-state index is 9.95. The van der Waals surface area contributed by atoms with Gasteiger partial charge in [-0.1, -0.05) is 38.1 Å². The van der Waals surface area contributed by atoms with Gasteiger partial charge >= 0.3 is 0 Å². The molecule has 3 unspecified atom stereocenters. The van der Waals surface area contributed by atoms with E-state index in [1.165, 1.54) is 5.56 Å². The summed E-state index contributed by atoms with van der Waals surface area (Å²) in [5.41, 5.74) is 2.46. The van der Waals surface area contributed by atoms with Gasteiger partial charge in [-0.25, -0.2) is 0 Å². The van der Waals surface area contributed by atoms with Gasteiger partial charge in [0.05, 0.1) is 6.10 Å². The fraction of sp³-hybridized carbons (Fsp3) is 0.500. The number of aliphatic hydroxyl groups is 1. The molecule has 2 rings (SSSR count). The average molecular weight is 176 g/mol. The number of hydrogen-bond acceptors (Lipinski definition) is 1. The quantitative estimate of drug-likeness (QED) is 0.644. The fourth-order valence-electron chi connectivity index (χ4n) is 2.35. The normalized spacial score (nSPS) is 32.7. The first-order chi connectivity index (χ1) is 6.20. The molecule has 0 bridgehead atoms. The summed E-state index contributed by atoms with van der Waals surface area (Å²) in [5.74, 6) is 0.986. The molecule has 1 aliphatic rings. The third-order valence-corrected chi connectivity index (χ3v) is 3.11. The fourth-order valence-corrected chi connectivity index (χ4v) is 2.35. The zero-order valence-corrected chi connectivity index (χ0v) is 8.20. The van der Waals surface area contributed by atoms with Crippen LogP contribution in [0.2, 0.25) is 0 Å². The predicted octanol–water partition coefficient (Wildman–Crippen LogP) is 2.86. The van der Waals surface area contributed by atoms with Gasteiger partial charge in [0, 0.05) is 0 Å². The second-order valence-electron chi connectivity index (χ2n) is 4.19. The van der Waals surface area contributed by atoms with Gasteiger partial charge in [-0.05, 0) is 29.4 Å². The van der Waals surface area contributed by atoms with Crippen LogP contribution < -0.4 is 0 Å². The molecule has 3 atom stereocenters. The molecular formula is C12H16O. The summed E-state index contributed by atoms with van der Waals surface area (Å²) >= 11 is 0. The molecule has 0 fully saturated rings. The molecular weight excluding hydrogens is 160 g/mol. The van der Waals surface area contributed by atoms with Crippen LogP contribution >= 0.6 is 0 Å². The molecule has 0 saturated carbocycles. The van der Waals surface area contributed by atoms with Crippen molar-refractivity contribution >= 4 is 0 Å². The lowest BCUT2D eigenvalue weighted by atomic mass is 9.77. The van der Waals surface area contributed by atoms with E-state index in [9.17, 15) is 5.11 Å². The molecule has 0 aliphatic heterocycles. The second-order valence-corrected chi connectivity index (χ2v) is 4.19. The van der Waals surface area contributed by atoms with Crippen molar-refractivity contribution in [1.82, 2.24) is 0 Å². The summed E-state index contributed by atoms with van der Waals surface area (Å²) in [4.78, 5) is 0. The van der Waals surface area contributed by atoms with Crippen LogP contribution in [0, 0.1) is 5.92 Å². The molecule has 13 heavy (non-hydrogen) atoms. The minimum Gasteiger partial charge on any atom is -0.388 e. The van der Waals surface area contributed by atoms with Crippen LogP contribution in [-0.4, -0.2) is 5.11 Å². The molecule has 1 nitrogen and oxygen atoms in total. The molecule has 1 aromatic rings. The lowest BCUT2D eigenvalue weighted by molar-refractivity contribution is 0.0978. The van der Waals surface area contributed by atoms with Crippen LogP contribution in [0.1, 0.15) is 43.4 Å². The predicted molar refractivity (Wildman–Crippen MR) is 53.6 cm³/mol. The van der Waals surface area contributed by atoms with E-state index < -0.39 is 0 Å². The van der Waals surface area contributed by atoms with Crippen molar-refractivity contribution in [3.8, 4) is 0 Å². The Labute approximate surface area is 79.4 Å². The van der Waals surface area contributed by atoms with Gasteiger partial charge in [0.1, 0.15) is 0 Å². The number of aliphatic hydroxyl groups excluding tert-OH is 1. The van der Waals surface area contributed by atoms with Crippen molar-refractivity contribution < 1.29 is 5.11 Å². The second kappa shape index (κ2) is 3.15. The molecule has 0 heterocycles. The SMILES string of the molecule is CC1CC(C)C(O)c2ccccc21. The van der Waals surface area contributed by atoms with Gasteiger partial charge in [0.25, 0.3) is 0 Å². The number of fused-ring (bicyclic) bond motifs is 1. The Morgan fingerprint density at radius 3 is 2.46 bits per heavy atom. The monoisotopic (exact) mass is 176 g/mol. The summed E-state index contributed by atoms with van der Waals surface area (Å²) in [6, 6.07) is 8.24. The van der Waals surface area contributed by atoms with Gasteiger partial charge < -0.3 is 5.11 Å². The minimum atomic E-state index is -0.257. The lowest BCUT2D eigenvalue weighted by Gasteiger charge is -2.31. The topological polar surface area (TPSA) is 20.2 Å². The van der Waals surface area contributed by atoms with E-state index in [0.717, 1.165) is 12.0 Å². The van der Waals surface area contributed by atoms with E-state index in [0.29, 0.717) is 11.8 Å². The molecule has 0 amide bonds. The number of hydrogen-bond donors (Lipinski definition) is 1. The maximum atomic E-state index is 9.95. The van der Waals surface area contributed by atoms with E-state index in [-0.39, 0.29) is 6.10 Å². The molecule has 1 aliphatic carbocycles. The summed E-state index contributed by atoms with van der Waals surface area (Å²) in [5, 5.41) is 9.95. The maximum Gasteiger partial charge on any atom is 0.0818 e. The van der Waals surface area contributed by atoms with Crippen LogP contribution in [0.3, 0.4) is 0 Å². The van der Waals surface area contributed by atoms with E-state index in [1.54, 1.807) is 0 Å². The molecule has 0 radical (unpaired) electrons. The van der Waals surface area contributed by atoms with E-state index in [4.69, 9.17) is 0 Å². The first-order valence-corrected chi connectivity index (χ1v) is 4.97. The Morgan fingerprint density at radius 1 is 1.15 bits per heavy atom. The molecule has 0 saturated heterocycles. The first-order valence-electron chi connectivity index (χ1n) is 4.97. The summed E-state index contributed by atoms with van der Waals surface area (Å²) in [6.07, 6.45) is 0.838. The van der Waals surface area contributed by atoms with Crippen molar-refractivity contribution in [3.05, 3.63) is 35.4 Å². The number of rotatable bonds is 0. The molecule has 1 N–H and O–H groups in total. The largest absolute Gasteiger partial charge is 0.388 e. The van der Waals surface area contributed by atoms with Crippen LogP contribution in [0.4, 0.5) is 0 Å². The third-order valence-electron chi connectivity index (χ3n) is 3.11. The van der Waals surface area contributed by atoms with Crippen LogP contribution in [0.15, 0.2) is 24.3 Å². The van der Waals surface area contributed by atoms with E-state index in [2.05, 4.69) is 26.0 Å². The Bertz CT molecular complexity index is 306. The van der Waals surface area contributed by atoms with Gasteiger partial charge in [-0.15, -0.1) is 0 Å². The van der Waals surface area contributed by atoms with Gasteiger partial charge in [0.15, 0.2) is 0 Å². The standard InChI is InChI=1S/C12H16O/c1-8-7-9(2)12(13)11-6-4-3-5-10(8)11/h3-6,8-9,12-13H,7H2,1-2H3. The average Bonchev–Trinajstić information content (AvgIpc) is 2.15. The molecule has 1 heteroatoms. The molecule has 0 spiro atoms. The van der Waals surface area contributed by atoms with Crippen LogP contribution in [0.5, 0.6) is 0 Å². The van der Waals surface area contributed by atoms with E-state index in [1.807, 2.05) is 12.1 Å². The van der Waals surface area contributed by atoms with Crippen molar-refractivity contribution in [2.45, 2.75) is 32.3 Å². The van der Waals surface area contributed by atoms with Crippen molar-refractivity contribution in [2.75, 3.05) is 0 Å². The van der Waals surface area contributed by atoms with Gasteiger partial charge in [0.2, 0.25) is 0 Å². The zero-order valence-electron chi connectivity index (χ0n) is 8.20. The molecule has 0 aromatic heterocycles. The number of benzene rings is 1. The smallest absolute Gasteiger partial charge is 0.0818 e. The van der Waals surface area contributed by atoms with E-state index >= 15 is 0 Å². The highest BCUT2D eigenvalue weighted by Gasteiger charge is 2.28. The summed E-state index contributed by atoms with van der Waals surface area (Å²) in [6.45, 7) is 4.36. The Balaban J connectivity index is 2.47. The van der Waals surface area contributed by atoms with Crippen molar-refractivity contribution in [2.24, 2.45) is 5.92 Å². The first kappa shape index (κ1) is 8.76. The molecule has 70 valence electrons. The Kier molecular flexibility index (Phi) is 2.12. The summed E-state index contributed by atoms with van der Waals surface area (Å²) in [7, 11) is 0. The van der Waals surface area contributed by atoms with Crippen LogP contribution in [0.25, 0.3) is 0 Å². The summed E-state index contributed by atoms with van der Waals surface area (Å²) < 4.78 is 0. The third kappa shape index (κ3) is 1.37. The molecule has 1 aromatic carbocycles. The highest BCUT2D eigenvalue weighted by Crippen LogP contribution is 2.40. The van der Waals surface area contributed by atoms with Crippen molar-refractivity contribution in [1.29, 1.82) is 0 Å². The lowest BCUT2D eigenvalue weighted by Crippen LogP contribution is -2.20.